The zero-order valence-electron chi connectivity index (χ0n) is 9.45. The number of benzene rings is 1. The van der Waals surface area contributed by atoms with E-state index in [2.05, 4.69) is 11.8 Å². The second-order valence-electron chi connectivity index (χ2n) is 4.22. The number of nitrogens with zero attached hydrogens (tertiary/aromatic N) is 1. The molecule has 2 N–H and O–H groups in total. The van der Waals surface area contributed by atoms with E-state index in [4.69, 9.17) is 5.73 Å². The van der Waals surface area contributed by atoms with Crippen molar-refractivity contribution < 1.29 is 4.39 Å². The summed E-state index contributed by atoms with van der Waals surface area (Å²) in [6, 6.07) is 4.90. The fraction of sp³-hybridized carbons (Fsp3) is 0.500. The normalized spacial score (nSPS) is 22.2. The van der Waals surface area contributed by atoms with Crippen molar-refractivity contribution in [2.45, 2.75) is 18.7 Å². The van der Waals surface area contributed by atoms with Gasteiger partial charge in [0, 0.05) is 41.9 Å². The molecule has 0 aliphatic carbocycles. The van der Waals surface area contributed by atoms with E-state index in [0.29, 0.717) is 23.0 Å². The molecule has 1 aromatic carbocycles. The topological polar surface area (TPSA) is 29.3 Å². The van der Waals surface area contributed by atoms with Gasteiger partial charge in [-0.05, 0) is 12.1 Å². The Labute approximate surface area is 100 Å². The Balaban J connectivity index is 2.08. The van der Waals surface area contributed by atoms with Crippen molar-refractivity contribution in [3.63, 3.8) is 0 Å². The van der Waals surface area contributed by atoms with Crippen LogP contribution in [-0.4, -0.2) is 29.0 Å². The lowest BCUT2D eigenvalue weighted by molar-refractivity contribution is 0.275. The summed E-state index contributed by atoms with van der Waals surface area (Å²) >= 11 is 1.97. The van der Waals surface area contributed by atoms with Crippen molar-refractivity contribution in [1.29, 1.82) is 0 Å². The number of anilines is 1. The van der Waals surface area contributed by atoms with Crippen LogP contribution in [0.4, 0.5) is 10.1 Å². The summed E-state index contributed by atoms with van der Waals surface area (Å²) in [7, 11) is 0. The van der Waals surface area contributed by atoms with E-state index < -0.39 is 0 Å². The molecule has 1 atom stereocenters. The maximum Gasteiger partial charge on any atom is 0.129 e. The van der Waals surface area contributed by atoms with Crippen LogP contribution in [0.5, 0.6) is 0 Å². The third-order valence-electron chi connectivity index (χ3n) is 2.86. The molecule has 1 aliphatic heterocycles. The summed E-state index contributed by atoms with van der Waals surface area (Å²) in [4.78, 5) is 2.27. The van der Waals surface area contributed by atoms with Gasteiger partial charge in [0.1, 0.15) is 5.82 Å². The van der Waals surface area contributed by atoms with Crippen molar-refractivity contribution in [1.82, 2.24) is 4.90 Å². The molecule has 0 bridgehead atoms. The van der Waals surface area contributed by atoms with Gasteiger partial charge in [0.2, 0.25) is 0 Å². The van der Waals surface area contributed by atoms with Gasteiger partial charge in [0.25, 0.3) is 0 Å². The fourth-order valence-electron chi connectivity index (χ4n) is 2.00. The van der Waals surface area contributed by atoms with E-state index in [9.17, 15) is 4.39 Å². The minimum Gasteiger partial charge on any atom is -0.398 e. The van der Waals surface area contributed by atoms with Gasteiger partial charge < -0.3 is 5.73 Å². The van der Waals surface area contributed by atoms with Crippen LogP contribution in [-0.2, 0) is 6.54 Å². The first-order valence-corrected chi connectivity index (χ1v) is 6.58. The minimum atomic E-state index is -0.189. The van der Waals surface area contributed by atoms with Gasteiger partial charge in [-0.1, -0.05) is 13.0 Å². The number of nitrogens with two attached hydrogens (primary N) is 1. The van der Waals surface area contributed by atoms with E-state index in [0.717, 1.165) is 18.8 Å². The van der Waals surface area contributed by atoms with Crippen molar-refractivity contribution in [3.05, 3.63) is 29.6 Å². The molecule has 0 saturated carbocycles. The van der Waals surface area contributed by atoms with Crippen molar-refractivity contribution >= 4 is 17.4 Å². The highest BCUT2D eigenvalue weighted by molar-refractivity contribution is 7.99. The molecular weight excluding hydrogens is 223 g/mol. The Morgan fingerprint density at radius 3 is 3.06 bits per heavy atom. The molecule has 2 rings (SSSR count). The molecule has 4 heteroatoms. The van der Waals surface area contributed by atoms with Crippen LogP contribution in [0.1, 0.15) is 12.5 Å². The number of rotatable bonds is 2. The Morgan fingerprint density at radius 1 is 1.56 bits per heavy atom. The van der Waals surface area contributed by atoms with Gasteiger partial charge in [-0.3, -0.25) is 4.90 Å². The van der Waals surface area contributed by atoms with E-state index in [-0.39, 0.29) is 5.82 Å². The smallest absolute Gasteiger partial charge is 0.129 e. The highest BCUT2D eigenvalue weighted by atomic mass is 32.2. The molecule has 1 fully saturated rings. The van der Waals surface area contributed by atoms with Crippen LogP contribution in [0.3, 0.4) is 0 Å². The molecule has 1 aromatic rings. The van der Waals surface area contributed by atoms with Crippen LogP contribution in [0.2, 0.25) is 0 Å². The molecule has 16 heavy (non-hydrogen) atoms. The van der Waals surface area contributed by atoms with Crippen molar-refractivity contribution in [3.8, 4) is 0 Å². The van der Waals surface area contributed by atoms with E-state index in [1.165, 1.54) is 6.07 Å². The van der Waals surface area contributed by atoms with Crippen molar-refractivity contribution in [2.75, 3.05) is 24.6 Å². The number of hydrogen-bond donors (Lipinski definition) is 1. The first-order valence-electron chi connectivity index (χ1n) is 5.53. The third kappa shape index (κ3) is 2.68. The minimum absolute atomic E-state index is 0.189. The van der Waals surface area contributed by atoms with Gasteiger partial charge in [-0.25, -0.2) is 4.39 Å². The lowest BCUT2D eigenvalue weighted by Gasteiger charge is -2.30. The monoisotopic (exact) mass is 240 g/mol. The average molecular weight is 240 g/mol. The SMILES string of the molecule is CC1CN(Cc2c(N)cccc2F)CCS1. The molecule has 1 heterocycles. The van der Waals surface area contributed by atoms with E-state index >= 15 is 0 Å². The maximum absolute atomic E-state index is 13.6. The van der Waals surface area contributed by atoms with Crippen LogP contribution in [0, 0.1) is 5.82 Å². The number of halogens is 1. The molecule has 2 nitrogen and oxygen atoms in total. The molecule has 0 amide bonds. The first-order chi connectivity index (χ1) is 7.66. The number of hydrogen-bond acceptors (Lipinski definition) is 3. The predicted octanol–water partition coefficient (Wildman–Crippen LogP) is 2.35. The van der Waals surface area contributed by atoms with E-state index in [1.807, 2.05) is 11.8 Å². The summed E-state index contributed by atoms with van der Waals surface area (Å²) in [6.45, 7) is 4.87. The lowest BCUT2D eigenvalue weighted by Crippen LogP contribution is -2.36. The molecule has 0 aromatic heterocycles. The molecule has 1 saturated heterocycles. The van der Waals surface area contributed by atoms with Gasteiger partial charge in [-0.2, -0.15) is 11.8 Å². The Bertz CT molecular complexity index is 350. The highest BCUT2D eigenvalue weighted by Crippen LogP contribution is 2.22. The predicted molar refractivity (Wildman–Crippen MR) is 68.0 cm³/mol. The summed E-state index contributed by atoms with van der Waals surface area (Å²) in [5.41, 5.74) is 7.00. The summed E-state index contributed by atoms with van der Waals surface area (Å²) in [5, 5.41) is 0.627. The molecule has 0 spiro atoms. The Hall–Kier alpha value is -0.740. The van der Waals surface area contributed by atoms with Gasteiger partial charge >= 0.3 is 0 Å². The second-order valence-corrected chi connectivity index (χ2v) is 5.77. The average Bonchev–Trinajstić information content (AvgIpc) is 2.24. The molecule has 1 unspecified atom stereocenters. The summed E-state index contributed by atoms with van der Waals surface area (Å²) in [6.07, 6.45) is 0. The zero-order chi connectivity index (χ0) is 11.5. The standard InChI is InChI=1S/C12H17FN2S/c1-9-7-15(5-6-16-9)8-10-11(13)3-2-4-12(10)14/h2-4,9H,5-8,14H2,1H3. The van der Waals surface area contributed by atoms with Gasteiger partial charge in [0.05, 0.1) is 0 Å². The molecule has 88 valence electrons. The quantitative estimate of drug-likeness (QED) is 0.805. The molecule has 0 radical (unpaired) electrons. The van der Waals surface area contributed by atoms with Crippen LogP contribution in [0.25, 0.3) is 0 Å². The summed E-state index contributed by atoms with van der Waals surface area (Å²) in [5.74, 6) is 0.932. The lowest BCUT2D eigenvalue weighted by atomic mass is 10.1. The van der Waals surface area contributed by atoms with Crippen LogP contribution < -0.4 is 5.73 Å². The third-order valence-corrected chi connectivity index (χ3v) is 4.00. The van der Waals surface area contributed by atoms with Gasteiger partial charge in [-0.15, -0.1) is 0 Å². The highest BCUT2D eigenvalue weighted by Gasteiger charge is 2.18. The Morgan fingerprint density at radius 2 is 2.38 bits per heavy atom. The Kier molecular flexibility index (Phi) is 3.71. The first kappa shape index (κ1) is 11.7. The summed E-state index contributed by atoms with van der Waals surface area (Å²) < 4.78 is 13.6. The zero-order valence-corrected chi connectivity index (χ0v) is 10.3. The van der Waals surface area contributed by atoms with Crippen molar-refractivity contribution in [2.24, 2.45) is 0 Å². The maximum atomic E-state index is 13.6. The molecule has 1 aliphatic rings. The fourth-order valence-corrected chi connectivity index (χ4v) is 3.08. The second kappa shape index (κ2) is 5.06. The number of thioether (sulfide) groups is 1. The largest absolute Gasteiger partial charge is 0.398 e. The van der Waals surface area contributed by atoms with Gasteiger partial charge in [0.15, 0.2) is 0 Å². The van der Waals surface area contributed by atoms with Crippen LogP contribution in [0.15, 0.2) is 18.2 Å². The van der Waals surface area contributed by atoms with Crippen LogP contribution >= 0.6 is 11.8 Å². The van der Waals surface area contributed by atoms with E-state index in [1.54, 1.807) is 12.1 Å². The number of nitrogen functional groups attached to an aromatic ring is 1. The molecular formula is C12H17FN2S.